The van der Waals surface area contributed by atoms with Crippen LogP contribution in [0.25, 0.3) is 0 Å². The zero-order valence-corrected chi connectivity index (χ0v) is 6.34. The van der Waals surface area contributed by atoms with Crippen LogP contribution in [0.15, 0.2) is 0 Å². The Bertz CT molecular complexity index is 148. The summed E-state index contributed by atoms with van der Waals surface area (Å²) in [6.07, 6.45) is 0.195. The van der Waals surface area contributed by atoms with Gasteiger partial charge in [0, 0.05) is 0 Å². The number of rotatable bonds is 0. The second kappa shape index (κ2) is 3.99. The van der Waals surface area contributed by atoms with Crippen molar-refractivity contribution in [3.05, 3.63) is 0 Å². The van der Waals surface area contributed by atoms with Crippen molar-refractivity contribution in [2.75, 3.05) is 13.3 Å². The SMILES string of the molecule is CSC(=O)ON(C)C(=O)O. The lowest BCUT2D eigenvalue weighted by Gasteiger charge is -2.09. The molecule has 0 bridgehead atoms. The largest absolute Gasteiger partial charge is 0.463 e. The number of amides is 1. The summed E-state index contributed by atoms with van der Waals surface area (Å²) in [6.45, 7) is 0. The number of hydrogen-bond donors (Lipinski definition) is 1. The Labute approximate surface area is 61.9 Å². The van der Waals surface area contributed by atoms with Crippen LogP contribution < -0.4 is 0 Å². The van der Waals surface area contributed by atoms with Gasteiger partial charge in [0.1, 0.15) is 0 Å². The zero-order valence-electron chi connectivity index (χ0n) is 5.53. The molecule has 0 rings (SSSR count). The highest BCUT2D eigenvalue weighted by Gasteiger charge is 2.10. The molecule has 0 aliphatic rings. The van der Waals surface area contributed by atoms with Crippen molar-refractivity contribution < 1.29 is 19.5 Å². The van der Waals surface area contributed by atoms with Gasteiger partial charge >= 0.3 is 11.4 Å². The van der Waals surface area contributed by atoms with Gasteiger partial charge in [0.05, 0.1) is 7.05 Å². The first-order valence-corrected chi connectivity index (χ1v) is 3.53. The van der Waals surface area contributed by atoms with Gasteiger partial charge in [-0.1, -0.05) is 0 Å². The lowest BCUT2D eigenvalue weighted by molar-refractivity contribution is -0.0428. The summed E-state index contributed by atoms with van der Waals surface area (Å²) >= 11 is 0.804. The summed E-state index contributed by atoms with van der Waals surface area (Å²) in [7, 11) is 1.14. The van der Waals surface area contributed by atoms with Crippen molar-refractivity contribution in [2.45, 2.75) is 0 Å². The van der Waals surface area contributed by atoms with Gasteiger partial charge in [-0.15, -0.1) is 5.06 Å². The fourth-order valence-corrected chi connectivity index (χ4v) is 0.374. The van der Waals surface area contributed by atoms with E-state index in [4.69, 9.17) is 5.11 Å². The Morgan fingerprint density at radius 1 is 1.60 bits per heavy atom. The minimum Gasteiger partial charge on any atom is -0.463 e. The molecule has 0 fully saturated rings. The number of carbonyl (C=O) groups excluding carboxylic acids is 1. The highest BCUT2D eigenvalue weighted by molar-refractivity contribution is 8.12. The van der Waals surface area contributed by atoms with Crippen molar-refractivity contribution in [1.82, 2.24) is 5.06 Å². The van der Waals surface area contributed by atoms with E-state index in [2.05, 4.69) is 4.84 Å². The first-order chi connectivity index (χ1) is 4.57. The van der Waals surface area contributed by atoms with Crippen LogP contribution in [0.2, 0.25) is 0 Å². The van der Waals surface area contributed by atoms with E-state index in [1.807, 2.05) is 0 Å². The lowest BCUT2D eigenvalue weighted by atomic mass is 11.1. The molecule has 5 nitrogen and oxygen atoms in total. The van der Waals surface area contributed by atoms with E-state index < -0.39 is 11.4 Å². The number of nitrogens with zero attached hydrogens (tertiary/aromatic N) is 1. The number of carboxylic acid groups (broad SMARTS) is 1. The van der Waals surface area contributed by atoms with E-state index in [-0.39, 0.29) is 0 Å². The van der Waals surface area contributed by atoms with Crippen LogP contribution >= 0.6 is 11.8 Å². The molecule has 0 aromatic heterocycles. The van der Waals surface area contributed by atoms with E-state index in [0.717, 1.165) is 18.8 Å². The molecule has 0 radical (unpaired) electrons. The van der Waals surface area contributed by atoms with Gasteiger partial charge in [0.15, 0.2) is 0 Å². The Hall–Kier alpha value is -0.910. The average Bonchev–Trinajstić information content (AvgIpc) is 1.87. The molecule has 0 aromatic rings. The predicted octanol–water partition coefficient (Wildman–Crippen LogP) is 1.01. The Balaban J connectivity index is 3.68. The summed E-state index contributed by atoms with van der Waals surface area (Å²) < 4.78 is 0. The first-order valence-electron chi connectivity index (χ1n) is 2.30. The maximum Gasteiger partial charge on any atom is 0.440 e. The molecule has 0 saturated heterocycles. The molecule has 1 N–H and O–H groups in total. The van der Waals surface area contributed by atoms with Gasteiger partial charge in [-0.25, -0.2) is 9.59 Å². The van der Waals surface area contributed by atoms with Gasteiger partial charge in [-0.2, -0.15) is 0 Å². The highest BCUT2D eigenvalue weighted by atomic mass is 32.2. The molecular weight excluding hydrogens is 158 g/mol. The fraction of sp³-hybridized carbons (Fsp3) is 0.500. The summed E-state index contributed by atoms with van der Waals surface area (Å²) in [6, 6.07) is 0. The van der Waals surface area contributed by atoms with E-state index in [1.165, 1.54) is 6.26 Å². The molecule has 0 unspecified atom stereocenters. The quantitative estimate of drug-likeness (QED) is 0.542. The van der Waals surface area contributed by atoms with Crippen LogP contribution in [0, 0.1) is 0 Å². The van der Waals surface area contributed by atoms with Crippen molar-refractivity contribution in [3.8, 4) is 0 Å². The number of thioether (sulfide) groups is 1. The molecular formula is C4H7NO4S. The monoisotopic (exact) mass is 165 g/mol. The maximum atomic E-state index is 10.4. The topological polar surface area (TPSA) is 66.8 Å². The third-order valence-electron chi connectivity index (χ3n) is 0.648. The first kappa shape index (κ1) is 9.09. The predicted molar refractivity (Wildman–Crippen MR) is 35.8 cm³/mol. The molecule has 0 atom stereocenters. The summed E-state index contributed by atoms with van der Waals surface area (Å²) in [5.74, 6) is 0. The summed E-state index contributed by atoms with van der Waals surface area (Å²) in [5, 5.41) is 7.96. The zero-order chi connectivity index (χ0) is 8.15. The van der Waals surface area contributed by atoms with Crippen LogP contribution in [0.1, 0.15) is 0 Å². The van der Waals surface area contributed by atoms with E-state index in [9.17, 15) is 9.59 Å². The molecule has 0 spiro atoms. The molecule has 6 heteroatoms. The maximum absolute atomic E-state index is 10.4. The van der Waals surface area contributed by atoms with Gasteiger partial charge in [0.2, 0.25) is 0 Å². The Kier molecular flexibility index (Phi) is 3.63. The molecule has 0 saturated carbocycles. The number of carbonyl (C=O) groups is 2. The van der Waals surface area contributed by atoms with Crippen LogP contribution in [-0.2, 0) is 4.84 Å². The van der Waals surface area contributed by atoms with Crippen molar-refractivity contribution in [1.29, 1.82) is 0 Å². The summed E-state index contributed by atoms with van der Waals surface area (Å²) in [4.78, 5) is 24.6. The molecule has 0 aromatic carbocycles. The Morgan fingerprint density at radius 2 is 2.10 bits per heavy atom. The molecule has 10 heavy (non-hydrogen) atoms. The van der Waals surface area contributed by atoms with Gasteiger partial charge in [0.25, 0.3) is 0 Å². The van der Waals surface area contributed by atoms with Gasteiger partial charge < -0.3 is 9.94 Å². The van der Waals surface area contributed by atoms with Crippen LogP contribution in [0.5, 0.6) is 0 Å². The van der Waals surface area contributed by atoms with E-state index in [0.29, 0.717) is 5.06 Å². The number of hydroxylamine groups is 2. The molecule has 0 aliphatic carbocycles. The second-order valence-electron chi connectivity index (χ2n) is 1.33. The molecule has 58 valence electrons. The number of hydrogen-bond acceptors (Lipinski definition) is 4. The normalized spacial score (nSPS) is 8.60. The van der Waals surface area contributed by atoms with Crippen LogP contribution in [-0.4, -0.2) is 34.9 Å². The average molecular weight is 165 g/mol. The minimum atomic E-state index is -1.30. The molecule has 0 heterocycles. The van der Waals surface area contributed by atoms with Crippen molar-refractivity contribution in [3.63, 3.8) is 0 Å². The third kappa shape index (κ3) is 3.18. The van der Waals surface area contributed by atoms with Crippen molar-refractivity contribution in [2.24, 2.45) is 0 Å². The highest BCUT2D eigenvalue weighted by Crippen LogP contribution is 2.00. The lowest BCUT2D eigenvalue weighted by Crippen LogP contribution is -2.26. The van der Waals surface area contributed by atoms with Gasteiger partial charge in [-0.05, 0) is 18.0 Å². The third-order valence-corrected chi connectivity index (χ3v) is 1.06. The summed E-state index contributed by atoms with van der Waals surface area (Å²) in [5.41, 5.74) is 0. The van der Waals surface area contributed by atoms with E-state index >= 15 is 0 Å². The minimum absolute atomic E-state index is 0.443. The smallest absolute Gasteiger partial charge is 0.440 e. The van der Waals surface area contributed by atoms with Crippen LogP contribution in [0.3, 0.4) is 0 Å². The van der Waals surface area contributed by atoms with Gasteiger partial charge in [-0.3, -0.25) is 0 Å². The molecule has 1 amide bonds. The standard InChI is InChI=1S/C4H7NO4S/c1-5(3(6)7)9-4(8)10-2/h1-2H3,(H,6,7). The second-order valence-corrected chi connectivity index (χ2v) is 2.07. The van der Waals surface area contributed by atoms with Crippen molar-refractivity contribution >= 4 is 23.2 Å². The van der Waals surface area contributed by atoms with E-state index in [1.54, 1.807) is 0 Å². The fourth-order valence-electron chi connectivity index (χ4n) is 0.188. The Morgan fingerprint density at radius 3 is 2.40 bits per heavy atom. The molecule has 0 aliphatic heterocycles. The van der Waals surface area contributed by atoms with Crippen LogP contribution in [0.4, 0.5) is 9.59 Å².